The monoisotopic (exact) mass is 452 g/mol. The van der Waals surface area contributed by atoms with E-state index in [1.165, 1.54) is 11.0 Å². The Morgan fingerprint density at radius 2 is 1.72 bits per heavy atom. The fraction of sp³-hybridized carbons (Fsp3) is 0.550. The SMILES string of the molecule is COC(=O)c1cc([N+](=O)[O-])c(C(=O)OC)cc1N1CCN(C(=O)OC(C)(C)C)CC1CN. The molecule has 1 fully saturated rings. The minimum atomic E-state index is -0.925. The van der Waals surface area contributed by atoms with Crippen LogP contribution in [0.3, 0.4) is 0 Å². The van der Waals surface area contributed by atoms with E-state index in [-0.39, 0.29) is 43.0 Å². The van der Waals surface area contributed by atoms with Crippen LogP contribution >= 0.6 is 0 Å². The number of nitro groups is 1. The third kappa shape index (κ3) is 5.44. The summed E-state index contributed by atoms with van der Waals surface area (Å²) in [6.07, 6.45) is -0.497. The topological polar surface area (TPSA) is 155 Å². The molecule has 12 nitrogen and oxygen atoms in total. The Balaban J connectivity index is 2.50. The summed E-state index contributed by atoms with van der Waals surface area (Å²) in [4.78, 5) is 51.0. The number of methoxy groups -OCH3 is 2. The highest BCUT2D eigenvalue weighted by Crippen LogP contribution is 2.33. The highest BCUT2D eigenvalue weighted by atomic mass is 16.6. The molecule has 32 heavy (non-hydrogen) atoms. The first-order valence-corrected chi connectivity index (χ1v) is 9.87. The van der Waals surface area contributed by atoms with Crippen LogP contribution in [0.2, 0.25) is 0 Å². The lowest BCUT2D eigenvalue weighted by Crippen LogP contribution is -2.58. The maximum absolute atomic E-state index is 12.5. The molecule has 2 N–H and O–H groups in total. The van der Waals surface area contributed by atoms with Crippen LogP contribution < -0.4 is 10.6 Å². The van der Waals surface area contributed by atoms with Crippen molar-refractivity contribution < 1.29 is 33.5 Å². The van der Waals surface area contributed by atoms with Crippen molar-refractivity contribution in [2.75, 3.05) is 45.3 Å². The minimum Gasteiger partial charge on any atom is -0.465 e. The molecule has 0 aliphatic carbocycles. The summed E-state index contributed by atoms with van der Waals surface area (Å²) < 4.78 is 14.9. The van der Waals surface area contributed by atoms with Crippen LogP contribution in [0.1, 0.15) is 41.5 Å². The van der Waals surface area contributed by atoms with Gasteiger partial charge in [-0.2, -0.15) is 0 Å². The van der Waals surface area contributed by atoms with Gasteiger partial charge in [-0.15, -0.1) is 0 Å². The molecule has 2 rings (SSSR count). The molecule has 1 heterocycles. The van der Waals surface area contributed by atoms with Crippen molar-refractivity contribution in [3.8, 4) is 0 Å². The fourth-order valence-electron chi connectivity index (χ4n) is 3.38. The van der Waals surface area contributed by atoms with E-state index in [4.69, 9.17) is 15.2 Å². The molecule has 1 unspecified atom stereocenters. The second kappa shape index (κ2) is 9.81. The molecule has 0 radical (unpaired) electrons. The summed E-state index contributed by atoms with van der Waals surface area (Å²) in [6.45, 7) is 6.06. The van der Waals surface area contributed by atoms with Crippen LogP contribution in [0.25, 0.3) is 0 Å². The van der Waals surface area contributed by atoms with E-state index < -0.39 is 40.3 Å². The van der Waals surface area contributed by atoms with Crippen molar-refractivity contribution >= 4 is 29.4 Å². The molecule has 1 aliphatic heterocycles. The van der Waals surface area contributed by atoms with Crippen molar-refractivity contribution in [3.05, 3.63) is 33.4 Å². The van der Waals surface area contributed by atoms with Crippen LogP contribution in [-0.4, -0.2) is 79.9 Å². The van der Waals surface area contributed by atoms with Gasteiger partial charge >= 0.3 is 18.0 Å². The Bertz CT molecular complexity index is 912. The van der Waals surface area contributed by atoms with Gasteiger partial charge in [0, 0.05) is 32.2 Å². The number of benzene rings is 1. The molecule has 176 valence electrons. The molecule has 0 bridgehead atoms. The van der Waals surface area contributed by atoms with Crippen molar-refractivity contribution in [3.63, 3.8) is 0 Å². The molecule has 1 saturated heterocycles. The first kappa shape index (κ1) is 24.9. The number of nitrogens with two attached hydrogens (primary N) is 1. The summed E-state index contributed by atoms with van der Waals surface area (Å²) in [7, 11) is 2.25. The first-order chi connectivity index (χ1) is 14.9. The number of amides is 1. The summed E-state index contributed by atoms with van der Waals surface area (Å²) in [5.41, 5.74) is 4.50. The Hall–Kier alpha value is -3.41. The molecule has 1 amide bonds. The summed E-state index contributed by atoms with van der Waals surface area (Å²) in [5, 5.41) is 11.5. The third-order valence-electron chi connectivity index (χ3n) is 4.84. The van der Waals surface area contributed by atoms with Gasteiger partial charge in [-0.25, -0.2) is 14.4 Å². The Morgan fingerprint density at radius 1 is 1.12 bits per heavy atom. The standard InChI is InChI=1S/C20H28N4O8/c1-20(2,3)32-19(27)22-6-7-23(12(10-21)11-22)15-8-14(18(26)31-5)16(24(28)29)9-13(15)17(25)30-4/h8-9,12H,6-7,10-11,21H2,1-5H3. The number of esters is 2. The summed E-state index contributed by atoms with van der Waals surface area (Å²) in [5.74, 6) is -1.74. The molecule has 1 aromatic carbocycles. The number of carbonyl (C=O) groups excluding carboxylic acids is 3. The average Bonchev–Trinajstić information content (AvgIpc) is 2.75. The van der Waals surface area contributed by atoms with Crippen LogP contribution in [0, 0.1) is 10.1 Å². The molecule has 12 heteroatoms. The van der Waals surface area contributed by atoms with Gasteiger partial charge in [0.2, 0.25) is 0 Å². The van der Waals surface area contributed by atoms with Gasteiger partial charge in [0.15, 0.2) is 0 Å². The van der Waals surface area contributed by atoms with E-state index in [1.54, 1.807) is 25.7 Å². The third-order valence-corrected chi connectivity index (χ3v) is 4.84. The zero-order chi connectivity index (χ0) is 24.2. The van der Waals surface area contributed by atoms with E-state index in [9.17, 15) is 24.5 Å². The van der Waals surface area contributed by atoms with Crippen molar-refractivity contribution in [1.29, 1.82) is 0 Å². The minimum absolute atomic E-state index is 0.101. The van der Waals surface area contributed by atoms with Crippen LogP contribution in [0.4, 0.5) is 16.2 Å². The zero-order valence-electron chi connectivity index (χ0n) is 18.7. The lowest BCUT2D eigenvalue weighted by atomic mass is 10.0. The van der Waals surface area contributed by atoms with Gasteiger partial charge in [0.25, 0.3) is 5.69 Å². The van der Waals surface area contributed by atoms with Gasteiger partial charge in [-0.3, -0.25) is 10.1 Å². The van der Waals surface area contributed by atoms with Gasteiger partial charge in [0.05, 0.1) is 36.4 Å². The normalized spacial score (nSPS) is 16.4. The second-order valence-corrected chi connectivity index (χ2v) is 8.14. The molecule has 1 aromatic rings. The lowest BCUT2D eigenvalue weighted by Gasteiger charge is -2.43. The lowest BCUT2D eigenvalue weighted by molar-refractivity contribution is -0.385. The quantitative estimate of drug-likeness (QED) is 0.301. The van der Waals surface area contributed by atoms with E-state index >= 15 is 0 Å². The smallest absolute Gasteiger partial charge is 0.410 e. The molecule has 0 spiro atoms. The van der Waals surface area contributed by atoms with Crippen LogP contribution in [0.5, 0.6) is 0 Å². The van der Waals surface area contributed by atoms with E-state index in [0.717, 1.165) is 20.3 Å². The number of carbonyl (C=O) groups is 3. The van der Waals surface area contributed by atoms with Crippen molar-refractivity contribution in [2.24, 2.45) is 5.73 Å². The number of ether oxygens (including phenoxy) is 3. The molecule has 0 saturated carbocycles. The van der Waals surface area contributed by atoms with Gasteiger partial charge in [0.1, 0.15) is 11.2 Å². The van der Waals surface area contributed by atoms with Crippen LogP contribution in [0.15, 0.2) is 12.1 Å². The highest BCUT2D eigenvalue weighted by molar-refractivity contribution is 6.02. The summed E-state index contributed by atoms with van der Waals surface area (Å²) in [6, 6.07) is 1.76. The number of anilines is 1. The number of nitrogens with zero attached hydrogens (tertiary/aromatic N) is 3. The molecular formula is C20H28N4O8. The largest absolute Gasteiger partial charge is 0.465 e. The summed E-state index contributed by atoms with van der Waals surface area (Å²) >= 11 is 0. The average molecular weight is 452 g/mol. The van der Waals surface area contributed by atoms with Crippen molar-refractivity contribution in [2.45, 2.75) is 32.4 Å². The zero-order valence-corrected chi connectivity index (χ0v) is 18.7. The second-order valence-electron chi connectivity index (χ2n) is 8.14. The Kier molecular flexibility index (Phi) is 7.62. The molecule has 1 aliphatic rings. The number of piperazine rings is 1. The number of nitro benzene ring substituents is 1. The van der Waals surface area contributed by atoms with Gasteiger partial charge in [-0.05, 0) is 26.8 Å². The van der Waals surface area contributed by atoms with Crippen LogP contribution in [-0.2, 0) is 14.2 Å². The highest BCUT2D eigenvalue weighted by Gasteiger charge is 2.35. The molecular weight excluding hydrogens is 424 g/mol. The Morgan fingerprint density at radius 3 is 2.22 bits per heavy atom. The number of hydrogen-bond acceptors (Lipinski definition) is 10. The predicted octanol–water partition coefficient (Wildman–Crippen LogP) is 1.55. The van der Waals surface area contributed by atoms with E-state index in [0.29, 0.717) is 0 Å². The molecule has 0 aromatic heterocycles. The maximum Gasteiger partial charge on any atom is 0.410 e. The number of rotatable bonds is 5. The first-order valence-electron chi connectivity index (χ1n) is 9.87. The predicted molar refractivity (Wildman–Crippen MR) is 114 cm³/mol. The van der Waals surface area contributed by atoms with E-state index in [1.807, 2.05) is 0 Å². The van der Waals surface area contributed by atoms with Gasteiger partial charge < -0.3 is 29.7 Å². The van der Waals surface area contributed by atoms with Crippen molar-refractivity contribution in [1.82, 2.24) is 4.90 Å². The van der Waals surface area contributed by atoms with Gasteiger partial charge in [-0.1, -0.05) is 0 Å². The molecule has 1 atom stereocenters. The van der Waals surface area contributed by atoms with E-state index in [2.05, 4.69) is 4.74 Å². The maximum atomic E-state index is 12.5. The Labute approximate surface area is 185 Å². The fourth-order valence-corrected chi connectivity index (χ4v) is 3.38. The number of hydrogen-bond donors (Lipinski definition) is 1.